The summed E-state index contributed by atoms with van der Waals surface area (Å²) in [6.45, 7) is 6.40. The quantitative estimate of drug-likeness (QED) is 0.662. The van der Waals surface area contributed by atoms with Gasteiger partial charge < -0.3 is 9.64 Å². The van der Waals surface area contributed by atoms with E-state index in [2.05, 4.69) is 0 Å². The van der Waals surface area contributed by atoms with Crippen molar-refractivity contribution in [1.29, 1.82) is 0 Å². The Bertz CT molecular complexity index is 883. The van der Waals surface area contributed by atoms with Gasteiger partial charge in [-0.25, -0.2) is 13.2 Å². The van der Waals surface area contributed by atoms with Crippen molar-refractivity contribution in [2.24, 2.45) is 0 Å². The Kier molecular flexibility index (Phi) is 7.18. The lowest BCUT2D eigenvalue weighted by Gasteiger charge is -2.38. The summed E-state index contributed by atoms with van der Waals surface area (Å²) in [5.74, 6) is -0.883. The molecule has 2 aliphatic rings. The highest BCUT2D eigenvalue weighted by Crippen LogP contribution is 2.24. The third-order valence-electron chi connectivity index (χ3n) is 6.19. The zero-order chi connectivity index (χ0) is 21.9. The van der Waals surface area contributed by atoms with Crippen LogP contribution in [-0.2, 0) is 19.6 Å². The number of amides is 1. The molecule has 0 saturated carbocycles. The number of nitrogens with zero attached hydrogens (tertiary/aromatic N) is 2. The molecule has 166 valence electrons. The Balaban J connectivity index is 1.71. The van der Waals surface area contributed by atoms with Crippen LogP contribution in [0.5, 0.6) is 0 Å². The molecule has 0 N–H and O–H groups in total. The summed E-state index contributed by atoms with van der Waals surface area (Å²) in [4.78, 5) is 27.2. The molecule has 1 amide bonds. The summed E-state index contributed by atoms with van der Waals surface area (Å²) >= 11 is 0. The summed E-state index contributed by atoms with van der Waals surface area (Å²) in [5, 5.41) is 0. The van der Waals surface area contributed by atoms with Gasteiger partial charge in [0, 0.05) is 25.2 Å². The minimum atomic E-state index is -3.65. The van der Waals surface area contributed by atoms with Crippen molar-refractivity contribution in [1.82, 2.24) is 9.21 Å². The maximum atomic E-state index is 12.9. The van der Waals surface area contributed by atoms with E-state index in [9.17, 15) is 18.0 Å². The topological polar surface area (TPSA) is 84.0 Å². The third-order valence-corrected chi connectivity index (χ3v) is 8.08. The molecule has 8 heteroatoms. The Morgan fingerprint density at radius 2 is 1.67 bits per heavy atom. The molecule has 0 aromatic heterocycles. The van der Waals surface area contributed by atoms with Crippen LogP contribution in [0.1, 0.15) is 68.3 Å². The molecular weight excluding hydrogens is 404 g/mol. The molecule has 0 bridgehead atoms. The van der Waals surface area contributed by atoms with Crippen molar-refractivity contribution in [2.75, 3.05) is 19.7 Å². The van der Waals surface area contributed by atoms with Crippen molar-refractivity contribution >= 4 is 21.9 Å². The van der Waals surface area contributed by atoms with E-state index in [4.69, 9.17) is 4.74 Å². The first-order chi connectivity index (χ1) is 14.2. The zero-order valence-corrected chi connectivity index (χ0v) is 18.9. The molecule has 30 heavy (non-hydrogen) atoms. The number of carbonyl (C=O) groups is 2. The Labute approximate surface area is 179 Å². The van der Waals surface area contributed by atoms with E-state index in [0.717, 1.165) is 38.5 Å². The highest BCUT2D eigenvalue weighted by atomic mass is 32.2. The highest BCUT2D eigenvalue weighted by molar-refractivity contribution is 7.89. The first-order valence-electron chi connectivity index (χ1n) is 10.8. The number of carbonyl (C=O) groups excluding carboxylic acids is 2. The highest BCUT2D eigenvalue weighted by Gasteiger charge is 2.30. The molecule has 0 aliphatic carbocycles. The predicted octanol–water partition coefficient (Wildman–Crippen LogP) is 3.12. The van der Waals surface area contributed by atoms with E-state index >= 15 is 0 Å². The normalized spacial score (nSPS) is 23.2. The zero-order valence-electron chi connectivity index (χ0n) is 18.1. The number of sulfonamides is 1. The lowest BCUT2D eigenvalue weighted by Crippen LogP contribution is -2.49. The fourth-order valence-corrected chi connectivity index (χ4v) is 5.97. The van der Waals surface area contributed by atoms with Crippen LogP contribution in [0.25, 0.3) is 0 Å². The molecule has 2 heterocycles. The van der Waals surface area contributed by atoms with Gasteiger partial charge in [-0.2, -0.15) is 4.31 Å². The van der Waals surface area contributed by atoms with E-state index in [1.54, 1.807) is 17.9 Å². The molecule has 2 aliphatic heterocycles. The molecule has 1 aromatic rings. The maximum absolute atomic E-state index is 12.9. The van der Waals surface area contributed by atoms with Crippen LogP contribution in [-0.4, -0.2) is 61.3 Å². The van der Waals surface area contributed by atoms with Crippen molar-refractivity contribution < 1.29 is 22.7 Å². The average molecular weight is 437 g/mol. The summed E-state index contributed by atoms with van der Waals surface area (Å²) < 4.78 is 32.6. The molecule has 0 radical (unpaired) electrons. The van der Waals surface area contributed by atoms with Crippen LogP contribution < -0.4 is 0 Å². The molecule has 7 nitrogen and oxygen atoms in total. The van der Waals surface area contributed by atoms with Gasteiger partial charge in [-0.05, 0) is 70.6 Å². The molecule has 0 spiro atoms. The van der Waals surface area contributed by atoms with E-state index in [-0.39, 0.29) is 35.1 Å². The number of hydrogen-bond acceptors (Lipinski definition) is 5. The number of esters is 1. The second kappa shape index (κ2) is 9.47. The van der Waals surface area contributed by atoms with Gasteiger partial charge in [0.15, 0.2) is 6.61 Å². The summed E-state index contributed by atoms with van der Waals surface area (Å²) in [7, 11) is -3.65. The first-order valence-corrected chi connectivity index (χ1v) is 12.2. The van der Waals surface area contributed by atoms with Gasteiger partial charge in [0.2, 0.25) is 10.0 Å². The van der Waals surface area contributed by atoms with Gasteiger partial charge in [0.25, 0.3) is 5.91 Å². The number of ether oxygens (including phenoxy) is 1. The number of piperidine rings is 2. The second-order valence-electron chi connectivity index (χ2n) is 8.45. The summed E-state index contributed by atoms with van der Waals surface area (Å²) in [6, 6.07) is 4.76. The van der Waals surface area contributed by atoms with Gasteiger partial charge in [-0.15, -0.1) is 0 Å². The standard InChI is InChI=1S/C22H32N2O5S/c1-16-10-11-19(30(27,28)23-12-5-4-6-13-23)14-20(16)22(26)29-15-21(25)24-17(2)8-7-9-18(24)3/h10-11,14,17-18H,4-9,12-13,15H2,1-3H3. The number of rotatable bonds is 5. The van der Waals surface area contributed by atoms with Crippen LogP contribution in [0.3, 0.4) is 0 Å². The molecule has 2 unspecified atom stereocenters. The summed E-state index contributed by atoms with van der Waals surface area (Å²) in [5.41, 5.74) is 0.797. The molecular formula is C22H32N2O5S. The first kappa shape index (κ1) is 22.7. The third kappa shape index (κ3) is 4.86. The summed E-state index contributed by atoms with van der Waals surface area (Å²) in [6.07, 6.45) is 5.69. The molecule has 2 fully saturated rings. The number of hydrogen-bond donors (Lipinski definition) is 0. The van der Waals surface area contributed by atoms with Crippen molar-refractivity contribution in [3.63, 3.8) is 0 Å². The fraction of sp³-hybridized carbons (Fsp3) is 0.636. The second-order valence-corrected chi connectivity index (χ2v) is 10.4. The number of likely N-dealkylation sites (tertiary alicyclic amines) is 1. The van der Waals surface area contributed by atoms with Gasteiger partial charge in [-0.3, -0.25) is 4.79 Å². The van der Waals surface area contributed by atoms with Crippen molar-refractivity contribution in [3.05, 3.63) is 29.3 Å². The fourth-order valence-electron chi connectivity index (χ4n) is 4.43. The predicted molar refractivity (Wildman–Crippen MR) is 114 cm³/mol. The van der Waals surface area contributed by atoms with Crippen molar-refractivity contribution in [2.45, 2.75) is 76.3 Å². The van der Waals surface area contributed by atoms with Gasteiger partial charge in [0.05, 0.1) is 10.5 Å². The molecule has 1 aromatic carbocycles. The molecule has 2 saturated heterocycles. The lowest BCUT2D eigenvalue weighted by molar-refractivity contribution is -0.140. The number of benzene rings is 1. The van der Waals surface area contributed by atoms with E-state index < -0.39 is 16.0 Å². The van der Waals surface area contributed by atoms with E-state index in [0.29, 0.717) is 18.7 Å². The van der Waals surface area contributed by atoms with Crippen LogP contribution in [0.4, 0.5) is 0 Å². The van der Waals surface area contributed by atoms with E-state index in [1.807, 2.05) is 13.8 Å². The van der Waals surface area contributed by atoms with Gasteiger partial charge in [0.1, 0.15) is 0 Å². The van der Waals surface area contributed by atoms with Crippen LogP contribution in [0.2, 0.25) is 0 Å². The minimum absolute atomic E-state index is 0.0894. The van der Waals surface area contributed by atoms with Gasteiger partial charge in [-0.1, -0.05) is 12.5 Å². The maximum Gasteiger partial charge on any atom is 0.338 e. The Morgan fingerprint density at radius 1 is 1.03 bits per heavy atom. The molecule has 3 rings (SSSR count). The van der Waals surface area contributed by atoms with Gasteiger partial charge >= 0.3 is 5.97 Å². The van der Waals surface area contributed by atoms with Crippen LogP contribution in [0, 0.1) is 6.92 Å². The Hall–Kier alpha value is -1.93. The van der Waals surface area contributed by atoms with Crippen molar-refractivity contribution in [3.8, 4) is 0 Å². The van der Waals surface area contributed by atoms with Crippen LogP contribution >= 0.6 is 0 Å². The monoisotopic (exact) mass is 436 g/mol. The van der Waals surface area contributed by atoms with E-state index in [1.165, 1.54) is 16.4 Å². The van der Waals surface area contributed by atoms with Crippen LogP contribution in [0.15, 0.2) is 23.1 Å². The largest absolute Gasteiger partial charge is 0.452 e. The minimum Gasteiger partial charge on any atom is -0.452 e. The average Bonchev–Trinajstić information content (AvgIpc) is 2.72. The Morgan fingerprint density at radius 3 is 2.30 bits per heavy atom. The number of aryl methyl sites for hydroxylation is 1. The smallest absolute Gasteiger partial charge is 0.338 e. The SMILES string of the molecule is Cc1ccc(S(=O)(=O)N2CCCCC2)cc1C(=O)OCC(=O)N1C(C)CCCC1C. The lowest BCUT2D eigenvalue weighted by atomic mass is 9.97. The molecule has 2 atom stereocenters.